The first-order valence-electron chi connectivity index (χ1n) is 10.7. The summed E-state index contributed by atoms with van der Waals surface area (Å²) in [6.45, 7) is 5.00. The minimum absolute atomic E-state index is 0.0358. The fourth-order valence-corrected chi connectivity index (χ4v) is 4.74. The highest BCUT2D eigenvalue weighted by Gasteiger charge is 2.44. The number of aryl methyl sites for hydroxylation is 2. The van der Waals surface area contributed by atoms with E-state index in [-0.39, 0.29) is 30.3 Å². The van der Waals surface area contributed by atoms with Crippen molar-refractivity contribution >= 4 is 29.1 Å². The molecule has 31 heavy (non-hydrogen) atoms. The van der Waals surface area contributed by atoms with Gasteiger partial charge in [-0.25, -0.2) is 0 Å². The summed E-state index contributed by atoms with van der Waals surface area (Å²) in [5.41, 5.74) is 2.73. The van der Waals surface area contributed by atoms with Gasteiger partial charge in [-0.2, -0.15) is 0 Å². The lowest BCUT2D eigenvalue weighted by Gasteiger charge is -2.44. The van der Waals surface area contributed by atoms with Crippen LogP contribution in [0.1, 0.15) is 63.9 Å². The average Bonchev–Trinajstić information content (AvgIpc) is 2.72. The Kier molecular flexibility index (Phi) is 5.89. The van der Waals surface area contributed by atoms with Gasteiger partial charge < -0.3 is 9.64 Å². The normalized spacial score (nSPS) is 17.3. The number of hydrogen-bond acceptors (Lipinski definition) is 4. The van der Waals surface area contributed by atoms with Gasteiger partial charge in [-0.3, -0.25) is 14.4 Å². The SMILES string of the molecule is Cc1cc(C)c2c(c1)OC1(CCN(C(=O)CCC(=O)c3ccc(Cl)cc3)CC1)CC2=O. The lowest BCUT2D eigenvalue weighted by molar-refractivity contribution is -0.134. The first kappa shape index (κ1) is 21.6. The van der Waals surface area contributed by atoms with Gasteiger partial charge in [0.25, 0.3) is 0 Å². The second-order valence-electron chi connectivity index (χ2n) is 8.65. The Balaban J connectivity index is 1.35. The molecule has 0 N–H and O–H groups in total. The van der Waals surface area contributed by atoms with E-state index in [0.29, 0.717) is 54.3 Å². The number of ketones is 2. The number of rotatable bonds is 4. The van der Waals surface area contributed by atoms with Gasteiger partial charge in [-0.05, 0) is 55.3 Å². The molecular weight excluding hydrogens is 414 g/mol. The van der Waals surface area contributed by atoms with Crippen LogP contribution in [-0.2, 0) is 4.79 Å². The van der Waals surface area contributed by atoms with Crippen LogP contribution in [0.3, 0.4) is 0 Å². The second kappa shape index (κ2) is 8.46. The average molecular weight is 440 g/mol. The molecule has 0 aromatic heterocycles. The first-order chi connectivity index (χ1) is 14.8. The van der Waals surface area contributed by atoms with E-state index in [4.69, 9.17) is 16.3 Å². The Bertz CT molecular complexity index is 1040. The molecule has 2 heterocycles. The molecule has 2 aromatic carbocycles. The number of nitrogens with zero attached hydrogens (tertiary/aromatic N) is 1. The summed E-state index contributed by atoms with van der Waals surface area (Å²) in [7, 11) is 0. The van der Waals surface area contributed by atoms with Crippen LogP contribution in [0.15, 0.2) is 36.4 Å². The Morgan fingerprint density at radius 2 is 1.74 bits per heavy atom. The van der Waals surface area contributed by atoms with Crippen LogP contribution in [0.4, 0.5) is 0 Å². The van der Waals surface area contributed by atoms with Crippen molar-refractivity contribution in [2.75, 3.05) is 13.1 Å². The molecule has 0 bridgehead atoms. The highest BCUT2D eigenvalue weighted by atomic mass is 35.5. The van der Waals surface area contributed by atoms with Gasteiger partial charge in [0.05, 0.1) is 12.0 Å². The van der Waals surface area contributed by atoms with Gasteiger partial charge >= 0.3 is 0 Å². The molecule has 0 saturated carbocycles. The number of likely N-dealkylation sites (tertiary alicyclic amines) is 1. The Hall–Kier alpha value is -2.66. The lowest BCUT2D eigenvalue weighted by Crippen LogP contribution is -2.52. The van der Waals surface area contributed by atoms with Crippen molar-refractivity contribution in [1.29, 1.82) is 0 Å². The van der Waals surface area contributed by atoms with E-state index in [0.717, 1.165) is 11.1 Å². The van der Waals surface area contributed by atoms with Crippen LogP contribution in [0, 0.1) is 13.8 Å². The largest absolute Gasteiger partial charge is 0.486 e. The zero-order valence-electron chi connectivity index (χ0n) is 17.9. The van der Waals surface area contributed by atoms with Crippen molar-refractivity contribution in [3.05, 3.63) is 63.7 Å². The summed E-state index contributed by atoms with van der Waals surface area (Å²) in [6.07, 6.45) is 1.92. The molecule has 162 valence electrons. The molecule has 2 aliphatic rings. The van der Waals surface area contributed by atoms with E-state index in [2.05, 4.69) is 0 Å². The number of benzene rings is 2. The van der Waals surface area contributed by atoms with Crippen molar-refractivity contribution in [2.45, 2.75) is 51.6 Å². The summed E-state index contributed by atoms with van der Waals surface area (Å²) in [5.74, 6) is 0.683. The lowest BCUT2D eigenvalue weighted by atomic mass is 9.81. The van der Waals surface area contributed by atoms with E-state index in [1.165, 1.54) is 0 Å². The molecule has 4 rings (SSSR count). The summed E-state index contributed by atoms with van der Waals surface area (Å²) in [4.78, 5) is 39.6. The molecule has 6 heteroatoms. The number of hydrogen-bond donors (Lipinski definition) is 0. The molecule has 0 unspecified atom stereocenters. The van der Waals surface area contributed by atoms with E-state index >= 15 is 0 Å². The van der Waals surface area contributed by atoms with Gasteiger partial charge in [0, 0.05) is 49.4 Å². The monoisotopic (exact) mass is 439 g/mol. The molecule has 1 spiro atoms. The molecular formula is C25H26ClNO4. The van der Waals surface area contributed by atoms with E-state index < -0.39 is 5.60 Å². The van der Waals surface area contributed by atoms with Crippen LogP contribution < -0.4 is 4.74 Å². The number of piperidine rings is 1. The van der Waals surface area contributed by atoms with E-state index in [9.17, 15) is 14.4 Å². The number of Topliss-reactive ketones (excluding diaryl/α,β-unsaturated/α-hetero) is 2. The predicted molar refractivity (Wildman–Crippen MR) is 119 cm³/mol. The van der Waals surface area contributed by atoms with Gasteiger partial charge in [-0.15, -0.1) is 0 Å². The summed E-state index contributed by atoms with van der Waals surface area (Å²) in [6, 6.07) is 10.6. The third kappa shape index (κ3) is 4.52. The van der Waals surface area contributed by atoms with E-state index in [1.807, 2.05) is 26.0 Å². The molecule has 2 aliphatic heterocycles. The summed E-state index contributed by atoms with van der Waals surface area (Å²) in [5, 5.41) is 0.575. The van der Waals surface area contributed by atoms with Crippen molar-refractivity contribution in [1.82, 2.24) is 4.90 Å². The zero-order valence-corrected chi connectivity index (χ0v) is 18.6. The third-order valence-electron chi connectivity index (χ3n) is 6.29. The topological polar surface area (TPSA) is 63.7 Å². The highest BCUT2D eigenvalue weighted by Crippen LogP contribution is 2.41. The first-order valence-corrected chi connectivity index (χ1v) is 11.0. The Labute approximate surface area is 187 Å². The maximum absolute atomic E-state index is 12.8. The Morgan fingerprint density at radius 1 is 1.06 bits per heavy atom. The van der Waals surface area contributed by atoms with Gasteiger partial charge in [0.1, 0.15) is 11.4 Å². The smallest absolute Gasteiger partial charge is 0.223 e. The van der Waals surface area contributed by atoms with Crippen LogP contribution in [-0.4, -0.2) is 41.1 Å². The predicted octanol–water partition coefficient (Wildman–Crippen LogP) is 4.95. The highest BCUT2D eigenvalue weighted by molar-refractivity contribution is 6.30. The summed E-state index contributed by atoms with van der Waals surface area (Å²) >= 11 is 5.86. The fourth-order valence-electron chi connectivity index (χ4n) is 4.62. The molecule has 1 amide bonds. The quantitative estimate of drug-likeness (QED) is 0.632. The number of fused-ring (bicyclic) bond motifs is 1. The van der Waals surface area contributed by atoms with Gasteiger partial charge in [-0.1, -0.05) is 17.7 Å². The second-order valence-corrected chi connectivity index (χ2v) is 9.09. The molecule has 1 fully saturated rings. The molecule has 0 aliphatic carbocycles. The third-order valence-corrected chi connectivity index (χ3v) is 6.54. The zero-order chi connectivity index (χ0) is 22.2. The molecule has 0 atom stereocenters. The molecule has 1 saturated heterocycles. The van der Waals surface area contributed by atoms with Crippen LogP contribution >= 0.6 is 11.6 Å². The van der Waals surface area contributed by atoms with Gasteiger partial charge in [0.2, 0.25) is 5.91 Å². The standard InChI is InChI=1S/C25H26ClNO4/c1-16-13-17(2)24-21(29)15-25(31-22(24)14-16)9-11-27(12-10-25)23(30)8-7-20(28)18-3-5-19(26)6-4-18/h3-6,13-14H,7-12,15H2,1-2H3. The summed E-state index contributed by atoms with van der Waals surface area (Å²) < 4.78 is 6.36. The van der Waals surface area contributed by atoms with Crippen LogP contribution in [0.25, 0.3) is 0 Å². The van der Waals surface area contributed by atoms with Crippen LogP contribution in [0.2, 0.25) is 5.02 Å². The van der Waals surface area contributed by atoms with Crippen molar-refractivity contribution in [2.24, 2.45) is 0 Å². The maximum Gasteiger partial charge on any atom is 0.223 e. The molecule has 0 radical (unpaired) electrons. The van der Waals surface area contributed by atoms with E-state index in [1.54, 1.807) is 29.2 Å². The fraction of sp³-hybridized carbons (Fsp3) is 0.400. The maximum atomic E-state index is 12.8. The molecule has 2 aromatic rings. The molecule has 5 nitrogen and oxygen atoms in total. The number of ether oxygens (including phenoxy) is 1. The minimum Gasteiger partial charge on any atom is -0.486 e. The van der Waals surface area contributed by atoms with Crippen LogP contribution in [0.5, 0.6) is 5.75 Å². The van der Waals surface area contributed by atoms with Crippen molar-refractivity contribution in [3.8, 4) is 5.75 Å². The number of carbonyl (C=O) groups is 3. The van der Waals surface area contributed by atoms with Gasteiger partial charge in [0.15, 0.2) is 11.6 Å². The van der Waals surface area contributed by atoms with Crippen molar-refractivity contribution < 1.29 is 19.1 Å². The minimum atomic E-state index is -0.541. The van der Waals surface area contributed by atoms with Crippen molar-refractivity contribution in [3.63, 3.8) is 0 Å². The number of halogens is 1. The Morgan fingerprint density at radius 3 is 2.42 bits per heavy atom. The number of amides is 1. The number of carbonyl (C=O) groups excluding carboxylic acids is 3.